The van der Waals surface area contributed by atoms with E-state index in [1.165, 1.54) is 27.8 Å². The molecule has 0 fully saturated rings. The molecule has 0 saturated carbocycles. The normalized spacial score (nSPS) is 10.8. The van der Waals surface area contributed by atoms with Crippen LogP contribution in [0.15, 0.2) is 207 Å². The van der Waals surface area contributed by atoms with E-state index in [0.717, 1.165) is 104 Å². The summed E-state index contributed by atoms with van der Waals surface area (Å²) in [6.45, 7) is 2.16. The molecular formula is C63H45IrN4. The standard InChI is InChI=1S/C63H45N4.Ir/c1-44-38-53(31-33-56(44)50-25-23-47(43-64)24-26-50)60-42-54(63-14-6-9-37-67-63)32-34-59(60)58-11-3-2-10-57(58)55-40-48(17-15-45-19-27-51(28-20-45)61-12-4-7-35-65-61)39-49(41-55)18-16-46-21-29-52(30-22-46)62-13-5-8-36-66-62;/h2-14,19-27,29,31,33-42H,15-18H2,1H3;/q-3;+3. The summed E-state index contributed by atoms with van der Waals surface area (Å²) in [6.07, 6.45) is 9.02. The van der Waals surface area contributed by atoms with Gasteiger partial charge < -0.3 is 15.0 Å². The molecule has 4 nitrogen and oxygen atoms in total. The summed E-state index contributed by atoms with van der Waals surface area (Å²) in [5.41, 5.74) is 21.5. The Labute approximate surface area is 413 Å². The third-order valence-electron chi connectivity index (χ3n) is 12.4. The fourth-order valence-corrected chi connectivity index (χ4v) is 8.84. The number of pyridine rings is 3. The van der Waals surface area contributed by atoms with Crippen molar-refractivity contribution >= 4 is 0 Å². The van der Waals surface area contributed by atoms with Gasteiger partial charge in [0.05, 0.1) is 11.6 Å². The van der Waals surface area contributed by atoms with Crippen molar-refractivity contribution in [1.29, 1.82) is 5.26 Å². The maximum absolute atomic E-state index is 9.41. The molecule has 0 aliphatic heterocycles. The van der Waals surface area contributed by atoms with Gasteiger partial charge in [-0.1, -0.05) is 139 Å². The molecule has 0 bridgehead atoms. The average Bonchev–Trinajstić information content (AvgIpc) is 3.40. The predicted octanol–water partition coefficient (Wildman–Crippen LogP) is 14.7. The second kappa shape index (κ2) is 21.2. The molecule has 0 radical (unpaired) electrons. The molecule has 0 amide bonds. The first-order chi connectivity index (χ1) is 33.0. The Hall–Kier alpha value is -7.87. The molecule has 0 unspecified atom stereocenters. The van der Waals surface area contributed by atoms with Crippen LogP contribution in [-0.4, -0.2) is 15.0 Å². The molecule has 326 valence electrons. The van der Waals surface area contributed by atoms with Crippen molar-refractivity contribution < 1.29 is 20.1 Å². The van der Waals surface area contributed by atoms with Crippen molar-refractivity contribution in [3.8, 4) is 84.3 Å². The molecule has 10 rings (SSSR count). The molecule has 0 aliphatic carbocycles. The number of hydrogen-bond donors (Lipinski definition) is 0. The first-order valence-electron chi connectivity index (χ1n) is 22.7. The molecule has 0 atom stereocenters. The summed E-state index contributed by atoms with van der Waals surface area (Å²) in [5, 5.41) is 9.41. The molecule has 3 heterocycles. The van der Waals surface area contributed by atoms with Crippen molar-refractivity contribution in [2.24, 2.45) is 0 Å². The Morgan fingerprint density at radius 3 is 1.43 bits per heavy atom. The summed E-state index contributed by atoms with van der Waals surface area (Å²) in [5.74, 6) is 0. The SMILES string of the molecule is Cc1cc(-c2cc(-c3ccccn3)[c-]cc2-c2ccccc2-c2cc(CCc3c[c-]c(-c4ccccn4)cc3)cc(CCc3c[c-]c(-c4ccccn4)cc3)c2)ccc1-c1ccc(C#N)cc1.[Ir+3]. The van der Waals surface area contributed by atoms with Gasteiger partial charge in [-0.25, -0.2) is 0 Å². The number of rotatable bonds is 13. The Morgan fingerprint density at radius 2 is 0.912 bits per heavy atom. The third-order valence-corrected chi connectivity index (χ3v) is 12.4. The zero-order chi connectivity index (χ0) is 45.4. The quantitative estimate of drug-likeness (QED) is 0.108. The van der Waals surface area contributed by atoms with Crippen LogP contribution in [0.3, 0.4) is 0 Å². The van der Waals surface area contributed by atoms with Crippen LogP contribution < -0.4 is 0 Å². The molecule has 3 aromatic heterocycles. The van der Waals surface area contributed by atoms with Crippen LogP contribution in [0.4, 0.5) is 0 Å². The minimum absolute atomic E-state index is 0. The summed E-state index contributed by atoms with van der Waals surface area (Å²) in [4.78, 5) is 13.8. The van der Waals surface area contributed by atoms with E-state index in [-0.39, 0.29) is 20.1 Å². The summed E-state index contributed by atoms with van der Waals surface area (Å²) in [7, 11) is 0. The molecule has 0 N–H and O–H groups in total. The Morgan fingerprint density at radius 1 is 0.397 bits per heavy atom. The van der Waals surface area contributed by atoms with Gasteiger partial charge in [0.1, 0.15) is 0 Å². The van der Waals surface area contributed by atoms with Gasteiger partial charge in [0, 0.05) is 18.6 Å². The van der Waals surface area contributed by atoms with Gasteiger partial charge in [0.25, 0.3) is 0 Å². The molecule has 0 spiro atoms. The minimum Gasteiger partial charge on any atom is -0.305 e. The molecule has 0 aliphatic rings. The number of aryl methyl sites for hydroxylation is 5. The Bertz CT molecular complexity index is 3220. The fraction of sp³-hybridized carbons (Fsp3) is 0.0794. The topological polar surface area (TPSA) is 62.5 Å². The van der Waals surface area contributed by atoms with Gasteiger partial charge in [-0.05, 0) is 112 Å². The first kappa shape index (κ1) is 45.3. The van der Waals surface area contributed by atoms with Crippen LogP contribution in [0.25, 0.3) is 78.3 Å². The van der Waals surface area contributed by atoms with E-state index in [0.29, 0.717) is 5.56 Å². The largest absolute Gasteiger partial charge is 3.00 e. The summed E-state index contributed by atoms with van der Waals surface area (Å²) >= 11 is 0. The maximum Gasteiger partial charge on any atom is 3.00 e. The first-order valence-corrected chi connectivity index (χ1v) is 22.7. The maximum atomic E-state index is 9.41. The van der Waals surface area contributed by atoms with Gasteiger partial charge in [-0.15, -0.1) is 94.5 Å². The zero-order valence-electron chi connectivity index (χ0n) is 37.6. The van der Waals surface area contributed by atoms with Gasteiger partial charge >= 0.3 is 20.1 Å². The van der Waals surface area contributed by atoms with Crippen molar-refractivity contribution in [2.45, 2.75) is 32.6 Å². The van der Waals surface area contributed by atoms with Crippen LogP contribution in [0.5, 0.6) is 0 Å². The van der Waals surface area contributed by atoms with E-state index in [2.05, 4.69) is 150 Å². The van der Waals surface area contributed by atoms with Crippen molar-refractivity contribution in [3.05, 3.63) is 258 Å². The van der Waals surface area contributed by atoms with E-state index in [9.17, 15) is 5.26 Å². The van der Waals surface area contributed by atoms with Crippen LogP contribution in [0.1, 0.15) is 33.4 Å². The Balaban J connectivity index is 0.00000578. The second-order valence-electron chi connectivity index (χ2n) is 16.8. The van der Waals surface area contributed by atoms with E-state index in [4.69, 9.17) is 4.98 Å². The molecule has 7 aromatic carbocycles. The van der Waals surface area contributed by atoms with Crippen LogP contribution in [-0.2, 0) is 45.8 Å². The summed E-state index contributed by atoms with van der Waals surface area (Å²) < 4.78 is 0. The molecule has 0 saturated heterocycles. The molecule has 5 heteroatoms. The minimum atomic E-state index is 0. The number of nitriles is 1. The van der Waals surface area contributed by atoms with Crippen LogP contribution in [0, 0.1) is 36.5 Å². The van der Waals surface area contributed by atoms with Crippen molar-refractivity contribution in [2.75, 3.05) is 0 Å². The van der Waals surface area contributed by atoms with E-state index in [1.54, 1.807) is 0 Å². The van der Waals surface area contributed by atoms with Crippen LogP contribution >= 0.6 is 0 Å². The molecular weight excluding hydrogens is 1000 g/mol. The molecule has 68 heavy (non-hydrogen) atoms. The number of benzene rings is 7. The second-order valence-corrected chi connectivity index (χ2v) is 16.8. The van der Waals surface area contributed by atoms with E-state index in [1.807, 2.05) is 97.5 Å². The van der Waals surface area contributed by atoms with Crippen molar-refractivity contribution in [3.63, 3.8) is 0 Å². The number of nitrogens with zero attached hydrogens (tertiary/aromatic N) is 4. The van der Waals surface area contributed by atoms with E-state index < -0.39 is 0 Å². The smallest absolute Gasteiger partial charge is 0.305 e. The van der Waals surface area contributed by atoms with Crippen molar-refractivity contribution in [1.82, 2.24) is 15.0 Å². The zero-order valence-corrected chi connectivity index (χ0v) is 40.0. The summed E-state index contributed by atoms with van der Waals surface area (Å²) in [6, 6.07) is 78.5. The fourth-order valence-electron chi connectivity index (χ4n) is 8.84. The van der Waals surface area contributed by atoms with Gasteiger partial charge in [-0.3, -0.25) is 0 Å². The average molecular weight is 1050 g/mol. The van der Waals surface area contributed by atoms with Crippen LogP contribution in [0.2, 0.25) is 0 Å². The predicted molar refractivity (Wildman–Crippen MR) is 272 cm³/mol. The number of aromatic nitrogens is 3. The van der Waals surface area contributed by atoms with E-state index >= 15 is 0 Å². The Kier molecular flexibility index (Phi) is 14.1. The van der Waals surface area contributed by atoms with Gasteiger partial charge in [-0.2, -0.15) is 5.26 Å². The third kappa shape index (κ3) is 10.4. The van der Waals surface area contributed by atoms with Gasteiger partial charge in [0.2, 0.25) is 0 Å². The molecule has 10 aromatic rings. The van der Waals surface area contributed by atoms with Gasteiger partial charge in [0.15, 0.2) is 0 Å². The monoisotopic (exact) mass is 1050 g/mol. The number of hydrogen-bond acceptors (Lipinski definition) is 4.